The molecule has 21 heavy (non-hydrogen) atoms. The van der Waals surface area contributed by atoms with Crippen molar-refractivity contribution >= 4 is 5.97 Å². The molecule has 0 N–H and O–H groups in total. The standard InChI is InChI=1S/C17H25NO3/c1-3-21-17(19)16-7-5-4-6-14(16)8-11-18-12-9-15(20-2)10-13-18/h4-7,15H,3,8-13H2,1-2H3. The van der Waals surface area contributed by atoms with E-state index in [4.69, 9.17) is 9.47 Å². The Hall–Kier alpha value is -1.39. The minimum Gasteiger partial charge on any atom is -0.462 e. The number of ether oxygens (including phenoxy) is 2. The highest BCUT2D eigenvalue weighted by atomic mass is 16.5. The van der Waals surface area contributed by atoms with E-state index in [0.717, 1.165) is 44.5 Å². The van der Waals surface area contributed by atoms with Gasteiger partial charge in [0.05, 0.1) is 18.3 Å². The van der Waals surface area contributed by atoms with Crippen molar-refractivity contribution in [2.24, 2.45) is 0 Å². The van der Waals surface area contributed by atoms with Crippen LogP contribution in [0.5, 0.6) is 0 Å². The van der Waals surface area contributed by atoms with Crippen LogP contribution in [0.25, 0.3) is 0 Å². The molecule has 2 rings (SSSR count). The predicted octanol–water partition coefficient (Wildman–Crippen LogP) is 2.52. The van der Waals surface area contributed by atoms with E-state index >= 15 is 0 Å². The molecule has 0 bridgehead atoms. The first-order chi connectivity index (χ1) is 10.2. The summed E-state index contributed by atoms with van der Waals surface area (Å²) in [6.07, 6.45) is 3.48. The molecule has 0 atom stereocenters. The van der Waals surface area contributed by atoms with Gasteiger partial charge in [0.25, 0.3) is 0 Å². The Kier molecular flexibility index (Phi) is 6.21. The van der Waals surface area contributed by atoms with Crippen molar-refractivity contribution in [3.63, 3.8) is 0 Å². The van der Waals surface area contributed by atoms with Gasteiger partial charge in [0.1, 0.15) is 0 Å². The van der Waals surface area contributed by atoms with Gasteiger partial charge in [-0.05, 0) is 37.8 Å². The number of methoxy groups -OCH3 is 1. The number of nitrogens with zero attached hydrogens (tertiary/aromatic N) is 1. The van der Waals surface area contributed by atoms with Crippen molar-refractivity contribution < 1.29 is 14.3 Å². The van der Waals surface area contributed by atoms with Gasteiger partial charge >= 0.3 is 5.97 Å². The number of piperidine rings is 1. The second kappa shape index (κ2) is 8.15. The van der Waals surface area contributed by atoms with Gasteiger partial charge in [-0.15, -0.1) is 0 Å². The van der Waals surface area contributed by atoms with Crippen LogP contribution in [0.3, 0.4) is 0 Å². The zero-order chi connectivity index (χ0) is 15.1. The maximum atomic E-state index is 11.9. The van der Waals surface area contributed by atoms with E-state index in [-0.39, 0.29) is 5.97 Å². The molecule has 1 aromatic carbocycles. The fourth-order valence-corrected chi connectivity index (χ4v) is 2.79. The van der Waals surface area contributed by atoms with E-state index in [0.29, 0.717) is 18.3 Å². The molecule has 116 valence electrons. The monoisotopic (exact) mass is 291 g/mol. The molecule has 1 fully saturated rings. The molecule has 0 saturated carbocycles. The number of carbonyl (C=O) groups is 1. The quantitative estimate of drug-likeness (QED) is 0.755. The summed E-state index contributed by atoms with van der Waals surface area (Å²) in [4.78, 5) is 14.4. The van der Waals surface area contributed by atoms with Crippen molar-refractivity contribution in [3.8, 4) is 0 Å². The average molecular weight is 291 g/mol. The Morgan fingerprint density at radius 3 is 2.67 bits per heavy atom. The summed E-state index contributed by atoms with van der Waals surface area (Å²) in [6, 6.07) is 7.74. The molecule has 4 heteroatoms. The van der Waals surface area contributed by atoms with E-state index in [2.05, 4.69) is 4.90 Å². The van der Waals surface area contributed by atoms with Gasteiger partial charge in [-0.3, -0.25) is 0 Å². The topological polar surface area (TPSA) is 38.8 Å². The number of hydrogen-bond acceptors (Lipinski definition) is 4. The van der Waals surface area contributed by atoms with Gasteiger partial charge in [0, 0.05) is 26.7 Å². The molecule has 0 amide bonds. The third-order valence-corrected chi connectivity index (χ3v) is 4.08. The van der Waals surface area contributed by atoms with Gasteiger partial charge < -0.3 is 14.4 Å². The Labute approximate surface area is 127 Å². The number of likely N-dealkylation sites (tertiary alicyclic amines) is 1. The number of rotatable bonds is 6. The first kappa shape index (κ1) is 16.0. The SMILES string of the molecule is CCOC(=O)c1ccccc1CCN1CCC(OC)CC1. The summed E-state index contributed by atoms with van der Waals surface area (Å²) in [6.45, 7) is 5.37. The maximum absolute atomic E-state index is 11.9. The molecule has 0 unspecified atom stereocenters. The van der Waals surface area contributed by atoms with Crippen molar-refractivity contribution in [3.05, 3.63) is 35.4 Å². The fraction of sp³-hybridized carbons (Fsp3) is 0.588. The Morgan fingerprint density at radius 2 is 2.00 bits per heavy atom. The highest BCUT2D eigenvalue weighted by molar-refractivity contribution is 5.91. The van der Waals surface area contributed by atoms with Crippen LogP contribution in [0.4, 0.5) is 0 Å². The summed E-state index contributed by atoms with van der Waals surface area (Å²) in [5.74, 6) is -0.216. The van der Waals surface area contributed by atoms with Gasteiger partial charge in [-0.25, -0.2) is 4.79 Å². The normalized spacial score (nSPS) is 16.9. The number of benzene rings is 1. The first-order valence-electron chi connectivity index (χ1n) is 7.74. The molecular weight excluding hydrogens is 266 g/mol. The second-order valence-corrected chi connectivity index (χ2v) is 5.40. The Morgan fingerprint density at radius 1 is 1.29 bits per heavy atom. The molecule has 0 aliphatic carbocycles. The Bertz CT molecular complexity index is 453. The lowest BCUT2D eigenvalue weighted by atomic mass is 10.0. The van der Waals surface area contributed by atoms with Crippen LogP contribution in [-0.2, 0) is 15.9 Å². The molecule has 0 spiro atoms. The third-order valence-electron chi connectivity index (χ3n) is 4.08. The zero-order valence-electron chi connectivity index (χ0n) is 13.0. The van der Waals surface area contributed by atoms with Crippen LogP contribution >= 0.6 is 0 Å². The highest BCUT2D eigenvalue weighted by Crippen LogP contribution is 2.15. The number of esters is 1. The molecule has 1 aliphatic heterocycles. The largest absolute Gasteiger partial charge is 0.462 e. The minimum absolute atomic E-state index is 0.216. The number of hydrogen-bond donors (Lipinski definition) is 0. The summed E-state index contributed by atoms with van der Waals surface area (Å²) < 4.78 is 10.5. The van der Waals surface area contributed by atoms with Crippen LogP contribution in [0, 0.1) is 0 Å². The van der Waals surface area contributed by atoms with E-state index in [1.54, 1.807) is 7.11 Å². The van der Waals surface area contributed by atoms with Crippen LogP contribution in [0.2, 0.25) is 0 Å². The van der Waals surface area contributed by atoms with Crippen molar-refractivity contribution in [2.45, 2.75) is 32.3 Å². The third kappa shape index (κ3) is 4.55. The average Bonchev–Trinajstić information content (AvgIpc) is 2.54. The first-order valence-corrected chi connectivity index (χ1v) is 7.74. The lowest BCUT2D eigenvalue weighted by Crippen LogP contribution is -2.37. The van der Waals surface area contributed by atoms with E-state index in [9.17, 15) is 4.79 Å². The molecule has 1 aromatic rings. The van der Waals surface area contributed by atoms with Crippen LogP contribution in [-0.4, -0.2) is 50.3 Å². The summed E-state index contributed by atoms with van der Waals surface area (Å²) in [7, 11) is 1.79. The van der Waals surface area contributed by atoms with Crippen LogP contribution in [0.1, 0.15) is 35.7 Å². The fourth-order valence-electron chi connectivity index (χ4n) is 2.79. The van der Waals surface area contributed by atoms with Crippen molar-refractivity contribution in [1.82, 2.24) is 4.90 Å². The molecule has 1 heterocycles. The zero-order valence-corrected chi connectivity index (χ0v) is 13.0. The molecule has 1 aliphatic rings. The summed E-state index contributed by atoms with van der Waals surface area (Å²) in [5, 5.41) is 0. The molecular formula is C17H25NO3. The van der Waals surface area contributed by atoms with Gasteiger partial charge in [-0.1, -0.05) is 18.2 Å². The highest BCUT2D eigenvalue weighted by Gasteiger charge is 2.19. The van der Waals surface area contributed by atoms with Gasteiger partial charge in [-0.2, -0.15) is 0 Å². The smallest absolute Gasteiger partial charge is 0.338 e. The lowest BCUT2D eigenvalue weighted by molar-refractivity contribution is 0.0414. The summed E-state index contributed by atoms with van der Waals surface area (Å²) in [5.41, 5.74) is 1.77. The van der Waals surface area contributed by atoms with E-state index < -0.39 is 0 Å². The minimum atomic E-state index is -0.216. The lowest BCUT2D eigenvalue weighted by Gasteiger charge is -2.31. The molecule has 4 nitrogen and oxygen atoms in total. The Balaban J connectivity index is 1.90. The van der Waals surface area contributed by atoms with Crippen LogP contribution < -0.4 is 0 Å². The number of carbonyl (C=O) groups excluding carboxylic acids is 1. The predicted molar refractivity (Wildman–Crippen MR) is 82.6 cm³/mol. The van der Waals surface area contributed by atoms with E-state index in [1.807, 2.05) is 31.2 Å². The molecule has 0 aromatic heterocycles. The second-order valence-electron chi connectivity index (χ2n) is 5.40. The van der Waals surface area contributed by atoms with Gasteiger partial charge in [0.2, 0.25) is 0 Å². The molecule has 0 radical (unpaired) electrons. The summed E-state index contributed by atoms with van der Waals surface area (Å²) >= 11 is 0. The van der Waals surface area contributed by atoms with E-state index in [1.165, 1.54) is 0 Å². The van der Waals surface area contributed by atoms with Gasteiger partial charge in [0.15, 0.2) is 0 Å². The van der Waals surface area contributed by atoms with Crippen LogP contribution in [0.15, 0.2) is 24.3 Å². The van der Waals surface area contributed by atoms with Crippen molar-refractivity contribution in [2.75, 3.05) is 33.4 Å². The molecule has 1 saturated heterocycles. The maximum Gasteiger partial charge on any atom is 0.338 e. The van der Waals surface area contributed by atoms with Crippen molar-refractivity contribution in [1.29, 1.82) is 0 Å².